The molecule has 0 saturated carbocycles. The minimum Gasteiger partial charge on any atom is -0.295 e. The zero-order valence-electron chi connectivity index (χ0n) is 16.4. The van der Waals surface area contributed by atoms with Crippen LogP contribution >= 0.6 is 11.6 Å². The van der Waals surface area contributed by atoms with Crippen LogP contribution in [0.3, 0.4) is 0 Å². The van der Waals surface area contributed by atoms with Crippen LogP contribution in [0.4, 0.5) is 10.1 Å². The molecule has 0 spiro atoms. The minimum atomic E-state index is -0.228. The first-order valence-electron chi connectivity index (χ1n) is 9.80. The maximum absolute atomic E-state index is 13.2. The second-order valence-corrected chi connectivity index (χ2v) is 8.26. The molecule has 0 fully saturated rings. The monoisotopic (exact) mass is 410 g/mol. The summed E-state index contributed by atoms with van der Waals surface area (Å²) >= 11 is 6.20. The van der Waals surface area contributed by atoms with Crippen LogP contribution in [0.1, 0.15) is 30.4 Å². The Hall–Kier alpha value is -2.50. The third-order valence-corrected chi connectivity index (χ3v) is 5.90. The van der Waals surface area contributed by atoms with Crippen molar-refractivity contribution in [2.45, 2.75) is 25.8 Å². The molecule has 2 N–H and O–H groups in total. The number of nitrogens with one attached hydrogen (secondary N) is 2. The lowest BCUT2D eigenvalue weighted by atomic mass is 9.85. The Bertz CT molecular complexity index is 983. The Balaban J connectivity index is 1.58. The summed E-state index contributed by atoms with van der Waals surface area (Å²) in [7, 11) is 1.98. The second kappa shape index (κ2) is 8.09. The van der Waals surface area contributed by atoms with Gasteiger partial charge in [-0.1, -0.05) is 29.8 Å². The largest absolute Gasteiger partial charge is 0.295 e. The Kier molecular flexibility index (Phi) is 5.52. The van der Waals surface area contributed by atoms with E-state index in [1.165, 1.54) is 17.7 Å². The summed E-state index contributed by atoms with van der Waals surface area (Å²) in [6, 6.07) is 12.3. The van der Waals surface area contributed by atoms with Crippen LogP contribution in [0.25, 0.3) is 5.57 Å². The van der Waals surface area contributed by atoms with Gasteiger partial charge in [-0.3, -0.25) is 20.6 Å². The normalized spacial score (nSPS) is 20.1. The van der Waals surface area contributed by atoms with E-state index in [0.29, 0.717) is 29.8 Å². The zero-order chi connectivity index (χ0) is 20.5. The van der Waals surface area contributed by atoms with Crippen LogP contribution in [0, 0.1) is 22.6 Å². The van der Waals surface area contributed by atoms with Crippen molar-refractivity contribution >= 4 is 34.5 Å². The lowest BCUT2D eigenvalue weighted by molar-refractivity contribution is 0.376. The molecule has 1 heterocycles. The number of anilines is 1. The summed E-state index contributed by atoms with van der Waals surface area (Å²) in [4.78, 5) is 3.86. The first kappa shape index (κ1) is 19.8. The number of benzene rings is 2. The molecule has 2 aromatic carbocycles. The summed E-state index contributed by atoms with van der Waals surface area (Å²) in [6.07, 6.45) is 4.58. The van der Waals surface area contributed by atoms with Gasteiger partial charge >= 0.3 is 0 Å². The quantitative estimate of drug-likeness (QED) is 0.502. The van der Waals surface area contributed by atoms with Crippen molar-refractivity contribution in [1.82, 2.24) is 4.90 Å². The van der Waals surface area contributed by atoms with Gasteiger partial charge in [-0.25, -0.2) is 4.39 Å². The van der Waals surface area contributed by atoms with E-state index < -0.39 is 0 Å². The number of nitrogens with zero attached hydrogens (tertiary/aromatic N) is 2. The van der Waals surface area contributed by atoms with Crippen molar-refractivity contribution in [3.63, 3.8) is 0 Å². The van der Waals surface area contributed by atoms with Gasteiger partial charge in [0.15, 0.2) is 0 Å². The summed E-state index contributed by atoms with van der Waals surface area (Å²) in [6.45, 7) is 1.18. The van der Waals surface area contributed by atoms with E-state index in [-0.39, 0.29) is 11.7 Å². The predicted octanol–water partition coefficient (Wildman–Crippen LogP) is 5.57. The van der Waals surface area contributed by atoms with Crippen LogP contribution < -0.4 is 4.90 Å². The number of halogens is 2. The molecule has 0 aromatic heterocycles. The van der Waals surface area contributed by atoms with Gasteiger partial charge in [0.1, 0.15) is 17.5 Å². The molecule has 2 aliphatic rings. The first-order chi connectivity index (χ1) is 13.9. The molecule has 1 aliphatic carbocycles. The van der Waals surface area contributed by atoms with Crippen molar-refractivity contribution in [3.8, 4) is 0 Å². The number of rotatable bonds is 2. The molecule has 0 saturated heterocycles. The average molecular weight is 411 g/mol. The van der Waals surface area contributed by atoms with Gasteiger partial charge < -0.3 is 0 Å². The third-order valence-electron chi connectivity index (χ3n) is 5.67. The summed E-state index contributed by atoms with van der Waals surface area (Å²) in [5, 5.41) is 18.2. The highest BCUT2D eigenvalue weighted by molar-refractivity contribution is 6.31. The molecule has 29 heavy (non-hydrogen) atoms. The smallest absolute Gasteiger partial charge is 0.123 e. The van der Waals surface area contributed by atoms with Gasteiger partial charge in [-0.15, -0.1) is 0 Å². The van der Waals surface area contributed by atoms with Crippen LogP contribution in [0.5, 0.6) is 0 Å². The van der Waals surface area contributed by atoms with Crippen LogP contribution in [-0.4, -0.2) is 30.2 Å². The van der Waals surface area contributed by atoms with Crippen LogP contribution in [-0.2, 0) is 6.54 Å². The van der Waals surface area contributed by atoms with Crippen LogP contribution in [0.2, 0.25) is 5.02 Å². The molecule has 1 unspecified atom stereocenters. The fourth-order valence-electron chi connectivity index (χ4n) is 4.18. The van der Waals surface area contributed by atoms with Gasteiger partial charge in [-0.2, -0.15) is 0 Å². The maximum Gasteiger partial charge on any atom is 0.123 e. The van der Waals surface area contributed by atoms with Crippen molar-refractivity contribution in [2.24, 2.45) is 5.92 Å². The van der Waals surface area contributed by atoms with E-state index in [0.717, 1.165) is 36.1 Å². The fourth-order valence-corrected chi connectivity index (χ4v) is 4.38. The highest BCUT2D eigenvalue weighted by Crippen LogP contribution is 2.35. The lowest BCUT2D eigenvalue weighted by Gasteiger charge is -2.32. The second-order valence-electron chi connectivity index (χ2n) is 7.82. The molecular formula is C23H24ClFN4. The van der Waals surface area contributed by atoms with E-state index in [1.807, 2.05) is 37.4 Å². The molecule has 6 heteroatoms. The van der Waals surface area contributed by atoms with E-state index in [4.69, 9.17) is 22.4 Å². The summed E-state index contributed by atoms with van der Waals surface area (Å²) in [5.41, 5.74) is 4.15. The van der Waals surface area contributed by atoms with E-state index >= 15 is 0 Å². The van der Waals surface area contributed by atoms with Gasteiger partial charge in [0.05, 0.1) is 12.2 Å². The minimum absolute atomic E-state index is 0.0477. The number of likely N-dealkylation sites (N-methyl/N-ethyl adjacent to an activating group) is 1. The maximum atomic E-state index is 13.2. The van der Waals surface area contributed by atoms with Gasteiger partial charge in [0, 0.05) is 17.5 Å². The topological polar surface area (TPSA) is 54.2 Å². The molecule has 0 radical (unpaired) electrons. The van der Waals surface area contributed by atoms with Crippen molar-refractivity contribution < 1.29 is 4.39 Å². The molecule has 150 valence electrons. The lowest BCUT2D eigenvalue weighted by Crippen LogP contribution is -2.43. The summed E-state index contributed by atoms with van der Waals surface area (Å²) < 4.78 is 13.2. The number of hydrogen-bond acceptors (Lipinski definition) is 3. The Labute approximate surface area is 175 Å². The van der Waals surface area contributed by atoms with Crippen molar-refractivity contribution in [2.75, 3.05) is 18.5 Å². The average Bonchev–Trinajstić information content (AvgIpc) is 2.82. The van der Waals surface area contributed by atoms with E-state index in [9.17, 15) is 4.39 Å². The summed E-state index contributed by atoms with van der Waals surface area (Å²) in [5.74, 6) is 0.690. The molecule has 4 nitrogen and oxygen atoms in total. The van der Waals surface area contributed by atoms with E-state index in [1.54, 1.807) is 4.90 Å². The number of fused-ring (bicyclic) bond motifs is 1. The standard InChI is InChI=1S/C23H24ClFN4/c1-28-13-18-12-19(24)8-11-21(18)29(22(26)14-28)23(27)17-4-2-15(3-5-17)16-6-9-20(25)10-7-16/h2,6-12,17,26-27H,3-5,13-14H2,1H3. The molecule has 0 amide bonds. The highest BCUT2D eigenvalue weighted by atomic mass is 35.5. The van der Waals surface area contributed by atoms with Gasteiger partial charge in [0.25, 0.3) is 0 Å². The number of hydrogen-bond donors (Lipinski definition) is 2. The molecule has 2 aromatic rings. The van der Waals surface area contributed by atoms with Gasteiger partial charge in [-0.05, 0) is 73.3 Å². The number of allylic oxidation sites excluding steroid dienone is 2. The predicted molar refractivity (Wildman–Crippen MR) is 117 cm³/mol. The zero-order valence-corrected chi connectivity index (χ0v) is 17.1. The van der Waals surface area contributed by atoms with Crippen molar-refractivity contribution in [1.29, 1.82) is 10.8 Å². The molecule has 1 aliphatic heterocycles. The first-order valence-corrected chi connectivity index (χ1v) is 10.2. The Morgan fingerprint density at radius 1 is 1.14 bits per heavy atom. The molecular weight excluding hydrogens is 387 g/mol. The third kappa shape index (κ3) is 4.11. The molecule has 0 bridgehead atoms. The highest BCUT2D eigenvalue weighted by Gasteiger charge is 2.30. The van der Waals surface area contributed by atoms with Gasteiger partial charge in [0.2, 0.25) is 0 Å². The fraction of sp³-hybridized carbons (Fsp3) is 0.304. The molecule has 1 atom stereocenters. The molecule has 4 rings (SSSR count). The van der Waals surface area contributed by atoms with E-state index in [2.05, 4.69) is 11.0 Å². The Morgan fingerprint density at radius 2 is 1.90 bits per heavy atom. The Morgan fingerprint density at radius 3 is 2.59 bits per heavy atom. The van der Waals surface area contributed by atoms with Crippen LogP contribution in [0.15, 0.2) is 48.5 Å². The number of amidine groups is 2. The SMILES string of the molecule is CN1CC(=N)N(C(=N)C2CC=C(c3ccc(F)cc3)CC2)c2ccc(Cl)cc2C1. The van der Waals surface area contributed by atoms with Crippen molar-refractivity contribution in [3.05, 3.63) is 70.5 Å².